The molecule has 60 valence electrons. The van der Waals surface area contributed by atoms with Gasteiger partial charge >= 0.3 is 0 Å². The molecule has 0 heterocycles. The van der Waals surface area contributed by atoms with Gasteiger partial charge in [0.2, 0.25) is 0 Å². The molecule has 0 spiro atoms. The first-order chi connectivity index (χ1) is 4.83. The molecule has 1 nitrogen and oxygen atoms in total. The molecule has 0 aromatic rings. The summed E-state index contributed by atoms with van der Waals surface area (Å²) in [6, 6.07) is 0.399. The third kappa shape index (κ3) is 2.25. The molecule has 1 aliphatic rings. The van der Waals surface area contributed by atoms with Crippen molar-refractivity contribution in [3.8, 4) is 0 Å². The van der Waals surface area contributed by atoms with Crippen molar-refractivity contribution in [3.63, 3.8) is 0 Å². The van der Waals surface area contributed by atoms with Crippen molar-refractivity contribution in [1.82, 2.24) is 0 Å². The van der Waals surface area contributed by atoms with Crippen LogP contribution in [0.1, 0.15) is 32.1 Å². The van der Waals surface area contributed by atoms with E-state index in [1.807, 2.05) is 0 Å². The van der Waals surface area contributed by atoms with Crippen molar-refractivity contribution in [2.24, 2.45) is 11.7 Å². The SMILES string of the molecule is NC1CCC(CCF)CC1. The minimum Gasteiger partial charge on any atom is -0.328 e. The van der Waals surface area contributed by atoms with Crippen LogP contribution in [0.4, 0.5) is 4.39 Å². The highest BCUT2D eigenvalue weighted by atomic mass is 19.1. The molecule has 0 aromatic heterocycles. The van der Waals surface area contributed by atoms with E-state index in [0.29, 0.717) is 12.0 Å². The standard InChI is InChI=1S/C8H16FN/c9-6-5-7-1-3-8(10)4-2-7/h7-8H,1-6,10H2. The maximum absolute atomic E-state index is 11.8. The number of alkyl halides is 1. The van der Waals surface area contributed by atoms with Crippen LogP contribution in [0.25, 0.3) is 0 Å². The average molecular weight is 145 g/mol. The van der Waals surface area contributed by atoms with E-state index in [2.05, 4.69) is 0 Å². The first-order valence-electron chi connectivity index (χ1n) is 4.14. The highest BCUT2D eigenvalue weighted by molar-refractivity contribution is 4.73. The van der Waals surface area contributed by atoms with Gasteiger partial charge < -0.3 is 5.73 Å². The summed E-state index contributed by atoms with van der Waals surface area (Å²) in [5.74, 6) is 0.629. The zero-order chi connectivity index (χ0) is 7.40. The summed E-state index contributed by atoms with van der Waals surface area (Å²) >= 11 is 0. The van der Waals surface area contributed by atoms with Crippen LogP contribution in [0.2, 0.25) is 0 Å². The van der Waals surface area contributed by atoms with E-state index in [4.69, 9.17) is 5.73 Å². The molecule has 1 rings (SSSR count). The summed E-state index contributed by atoms with van der Waals surface area (Å²) in [6.07, 6.45) is 5.25. The molecule has 2 N–H and O–H groups in total. The smallest absolute Gasteiger partial charge is 0.0897 e. The normalized spacial score (nSPS) is 34.2. The molecule has 0 bridgehead atoms. The van der Waals surface area contributed by atoms with Gasteiger partial charge in [0.1, 0.15) is 0 Å². The Kier molecular flexibility index (Phi) is 3.13. The Morgan fingerprint density at radius 2 is 1.80 bits per heavy atom. The van der Waals surface area contributed by atoms with Crippen molar-refractivity contribution in [2.45, 2.75) is 38.1 Å². The Balaban J connectivity index is 2.13. The van der Waals surface area contributed by atoms with Gasteiger partial charge in [-0.05, 0) is 38.0 Å². The highest BCUT2D eigenvalue weighted by Crippen LogP contribution is 2.25. The Labute approximate surface area is 61.8 Å². The van der Waals surface area contributed by atoms with E-state index in [1.165, 1.54) is 0 Å². The first kappa shape index (κ1) is 7.99. The summed E-state index contributed by atoms with van der Waals surface area (Å²) in [4.78, 5) is 0. The van der Waals surface area contributed by atoms with E-state index < -0.39 is 0 Å². The summed E-state index contributed by atoms with van der Waals surface area (Å²) in [5.41, 5.74) is 5.70. The molecule has 10 heavy (non-hydrogen) atoms. The molecule has 0 aromatic carbocycles. The third-order valence-electron chi connectivity index (χ3n) is 2.41. The molecule has 0 atom stereocenters. The summed E-state index contributed by atoms with van der Waals surface area (Å²) in [7, 11) is 0. The zero-order valence-electron chi connectivity index (χ0n) is 6.35. The van der Waals surface area contributed by atoms with Gasteiger partial charge in [0, 0.05) is 6.04 Å². The maximum atomic E-state index is 11.8. The Morgan fingerprint density at radius 3 is 2.30 bits per heavy atom. The van der Waals surface area contributed by atoms with Gasteiger partial charge in [-0.15, -0.1) is 0 Å². The quantitative estimate of drug-likeness (QED) is 0.630. The maximum Gasteiger partial charge on any atom is 0.0897 e. The van der Waals surface area contributed by atoms with Crippen molar-refractivity contribution in [2.75, 3.05) is 6.67 Å². The van der Waals surface area contributed by atoms with Crippen LogP contribution >= 0.6 is 0 Å². The summed E-state index contributed by atoms with van der Waals surface area (Å²) < 4.78 is 11.8. The molecule has 1 saturated carbocycles. The second-order valence-corrected chi connectivity index (χ2v) is 3.26. The fourth-order valence-electron chi connectivity index (χ4n) is 1.63. The monoisotopic (exact) mass is 145 g/mol. The van der Waals surface area contributed by atoms with Gasteiger partial charge in [0.15, 0.2) is 0 Å². The highest BCUT2D eigenvalue weighted by Gasteiger charge is 2.17. The second-order valence-electron chi connectivity index (χ2n) is 3.26. The van der Waals surface area contributed by atoms with Gasteiger partial charge in [0.05, 0.1) is 6.67 Å². The lowest BCUT2D eigenvalue weighted by Gasteiger charge is -2.24. The topological polar surface area (TPSA) is 26.0 Å². The fourth-order valence-corrected chi connectivity index (χ4v) is 1.63. The van der Waals surface area contributed by atoms with Gasteiger partial charge in [-0.3, -0.25) is 4.39 Å². The van der Waals surface area contributed by atoms with E-state index in [1.54, 1.807) is 0 Å². The molecule has 0 saturated heterocycles. The zero-order valence-corrected chi connectivity index (χ0v) is 6.35. The van der Waals surface area contributed by atoms with Gasteiger partial charge in [-0.25, -0.2) is 0 Å². The molecular weight excluding hydrogens is 129 g/mol. The Bertz CT molecular complexity index is 87.3. The van der Waals surface area contributed by atoms with E-state index in [9.17, 15) is 4.39 Å². The number of rotatable bonds is 2. The minimum absolute atomic E-state index is 0.153. The van der Waals surface area contributed by atoms with Crippen LogP contribution in [0, 0.1) is 5.92 Å². The number of hydrogen-bond donors (Lipinski definition) is 1. The molecule has 0 aliphatic heterocycles. The molecule has 0 amide bonds. The largest absolute Gasteiger partial charge is 0.328 e. The van der Waals surface area contributed by atoms with Crippen LogP contribution in [-0.2, 0) is 0 Å². The second kappa shape index (κ2) is 3.91. The van der Waals surface area contributed by atoms with Crippen LogP contribution in [0.3, 0.4) is 0 Å². The lowest BCUT2D eigenvalue weighted by molar-refractivity contribution is 0.284. The Hall–Kier alpha value is -0.110. The van der Waals surface area contributed by atoms with E-state index >= 15 is 0 Å². The van der Waals surface area contributed by atoms with Gasteiger partial charge in [-0.2, -0.15) is 0 Å². The summed E-state index contributed by atoms with van der Waals surface area (Å²) in [5, 5.41) is 0. The van der Waals surface area contributed by atoms with Crippen molar-refractivity contribution in [1.29, 1.82) is 0 Å². The molecule has 0 radical (unpaired) electrons. The average Bonchev–Trinajstić information content (AvgIpc) is 1.95. The number of halogens is 1. The first-order valence-corrected chi connectivity index (χ1v) is 4.14. The predicted molar refractivity (Wildman–Crippen MR) is 40.5 cm³/mol. The molecule has 1 aliphatic carbocycles. The molecule has 2 heteroatoms. The van der Waals surface area contributed by atoms with Crippen molar-refractivity contribution in [3.05, 3.63) is 0 Å². The van der Waals surface area contributed by atoms with Crippen LogP contribution in [-0.4, -0.2) is 12.7 Å². The van der Waals surface area contributed by atoms with Crippen LogP contribution in [0.15, 0.2) is 0 Å². The van der Waals surface area contributed by atoms with Gasteiger partial charge in [0.25, 0.3) is 0 Å². The van der Waals surface area contributed by atoms with E-state index in [0.717, 1.165) is 32.1 Å². The molecular formula is C8H16FN. The third-order valence-corrected chi connectivity index (χ3v) is 2.41. The van der Waals surface area contributed by atoms with Crippen LogP contribution < -0.4 is 5.73 Å². The van der Waals surface area contributed by atoms with E-state index in [-0.39, 0.29) is 6.67 Å². The lowest BCUT2D eigenvalue weighted by Crippen LogP contribution is -2.26. The fraction of sp³-hybridized carbons (Fsp3) is 1.00. The summed E-state index contributed by atoms with van der Waals surface area (Å²) in [6.45, 7) is -0.153. The molecule has 1 fully saturated rings. The van der Waals surface area contributed by atoms with Crippen LogP contribution in [0.5, 0.6) is 0 Å². The predicted octanol–water partition coefficient (Wildman–Crippen LogP) is 1.86. The van der Waals surface area contributed by atoms with Crippen molar-refractivity contribution >= 4 is 0 Å². The van der Waals surface area contributed by atoms with Gasteiger partial charge in [-0.1, -0.05) is 0 Å². The van der Waals surface area contributed by atoms with Crippen molar-refractivity contribution < 1.29 is 4.39 Å². The minimum atomic E-state index is -0.153. The molecule has 0 unspecified atom stereocenters. The lowest BCUT2D eigenvalue weighted by atomic mass is 9.85. The number of hydrogen-bond acceptors (Lipinski definition) is 1. The number of nitrogens with two attached hydrogens (primary N) is 1. The Morgan fingerprint density at radius 1 is 1.20 bits per heavy atom.